The molecular formula is C19H23Cl2N2+. The van der Waals surface area contributed by atoms with Crippen LogP contribution in [0.5, 0.6) is 0 Å². The third-order valence-corrected chi connectivity index (χ3v) is 5.37. The SMILES string of the molecule is Cc1ccc(C)c(N2CC[NH+](Cc3c(Cl)cccc3Cl)CC2)c1. The Morgan fingerprint density at radius 3 is 2.30 bits per heavy atom. The number of quaternary nitrogens is 1. The van der Waals surface area contributed by atoms with Crippen LogP contribution in [-0.4, -0.2) is 26.2 Å². The Balaban J connectivity index is 1.66. The van der Waals surface area contributed by atoms with Crippen molar-refractivity contribution in [3.05, 3.63) is 63.1 Å². The third-order valence-electron chi connectivity index (χ3n) is 4.66. The molecule has 1 aliphatic rings. The Kier molecular flexibility index (Phi) is 5.15. The monoisotopic (exact) mass is 349 g/mol. The smallest absolute Gasteiger partial charge is 0.106 e. The van der Waals surface area contributed by atoms with Crippen LogP contribution in [0.3, 0.4) is 0 Å². The van der Waals surface area contributed by atoms with Gasteiger partial charge in [-0.15, -0.1) is 0 Å². The van der Waals surface area contributed by atoms with E-state index in [0.29, 0.717) is 0 Å². The van der Waals surface area contributed by atoms with Gasteiger partial charge in [-0.05, 0) is 43.2 Å². The van der Waals surface area contributed by atoms with Crippen molar-refractivity contribution in [3.63, 3.8) is 0 Å². The zero-order valence-electron chi connectivity index (χ0n) is 13.7. The van der Waals surface area contributed by atoms with E-state index in [0.717, 1.165) is 48.3 Å². The normalized spacial score (nSPS) is 15.9. The number of hydrogen-bond donors (Lipinski definition) is 1. The van der Waals surface area contributed by atoms with E-state index in [9.17, 15) is 0 Å². The van der Waals surface area contributed by atoms with Crippen LogP contribution in [0, 0.1) is 13.8 Å². The van der Waals surface area contributed by atoms with E-state index in [1.165, 1.54) is 16.8 Å². The second-order valence-electron chi connectivity index (χ2n) is 6.40. The van der Waals surface area contributed by atoms with Crippen molar-refractivity contribution in [1.29, 1.82) is 0 Å². The molecule has 0 amide bonds. The molecule has 3 rings (SSSR count). The number of rotatable bonds is 3. The standard InChI is InChI=1S/C19H22Cl2N2/c1-14-6-7-15(2)19(12-14)23-10-8-22(9-11-23)13-16-17(20)4-3-5-18(16)21/h3-7,12H,8-11,13H2,1-2H3/p+1. The molecule has 0 saturated carbocycles. The van der Waals surface area contributed by atoms with Crippen molar-refractivity contribution in [2.75, 3.05) is 31.1 Å². The van der Waals surface area contributed by atoms with Crippen molar-refractivity contribution in [2.24, 2.45) is 0 Å². The van der Waals surface area contributed by atoms with Gasteiger partial charge in [-0.2, -0.15) is 0 Å². The number of benzene rings is 2. The highest BCUT2D eigenvalue weighted by atomic mass is 35.5. The number of hydrogen-bond acceptors (Lipinski definition) is 1. The fraction of sp³-hybridized carbons (Fsp3) is 0.368. The minimum Gasteiger partial charge on any atom is -0.360 e. The maximum absolute atomic E-state index is 6.30. The van der Waals surface area contributed by atoms with Gasteiger partial charge in [-0.1, -0.05) is 41.4 Å². The van der Waals surface area contributed by atoms with E-state index in [2.05, 4.69) is 36.9 Å². The summed E-state index contributed by atoms with van der Waals surface area (Å²) in [5, 5.41) is 1.56. The van der Waals surface area contributed by atoms with Gasteiger partial charge in [0.25, 0.3) is 0 Å². The number of halogens is 2. The molecule has 0 atom stereocenters. The van der Waals surface area contributed by atoms with E-state index >= 15 is 0 Å². The van der Waals surface area contributed by atoms with E-state index in [1.807, 2.05) is 18.2 Å². The second kappa shape index (κ2) is 7.12. The number of piperazine rings is 1. The summed E-state index contributed by atoms with van der Waals surface area (Å²) in [6.45, 7) is 9.60. The zero-order valence-corrected chi connectivity index (χ0v) is 15.2. The molecule has 2 aromatic rings. The summed E-state index contributed by atoms with van der Waals surface area (Å²) in [7, 11) is 0. The Morgan fingerprint density at radius 2 is 1.65 bits per heavy atom. The number of nitrogens with one attached hydrogen (secondary N) is 1. The molecule has 1 aliphatic heterocycles. The molecule has 1 N–H and O–H groups in total. The van der Waals surface area contributed by atoms with Gasteiger partial charge in [-0.3, -0.25) is 0 Å². The molecule has 122 valence electrons. The molecule has 4 heteroatoms. The van der Waals surface area contributed by atoms with Gasteiger partial charge >= 0.3 is 0 Å². The van der Waals surface area contributed by atoms with Crippen LogP contribution in [0.2, 0.25) is 10.0 Å². The van der Waals surface area contributed by atoms with Gasteiger partial charge < -0.3 is 9.80 Å². The highest BCUT2D eigenvalue weighted by molar-refractivity contribution is 6.35. The Hall–Kier alpha value is -1.22. The maximum atomic E-state index is 6.30. The summed E-state index contributed by atoms with van der Waals surface area (Å²) in [4.78, 5) is 4.04. The van der Waals surface area contributed by atoms with E-state index in [1.54, 1.807) is 4.90 Å². The first kappa shape index (κ1) is 16.6. The topological polar surface area (TPSA) is 7.68 Å². The van der Waals surface area contributed by atoms with E-state index in [-0.39, 0.29) is 0 Å². The summed E-state index contributed by atoms with van der Waals surface area (Å²) in [6, 6.07) is 12.4. The predicted molar refractivity (Wildman–Crippen MR) is 99.0 cm³/mol. The summed E-state index contributed by atoms with van der Waals surface area (Å²) in [6.07, 6.45) is 0. The molecule has 23 heavy (non-hydrogen) atoms. The summed E-state index contributed by atoms with van der Waals surface area (Å²) in [5.74, 6) is 0. The van der Waals surface area contributed by atoms with Crippen LogP contribution in [0.4, 0.5) is 5.69 Å². The van der Waals surface area contributed by atoms with Crippen LogP contribution in [0.1, 0.15) is 16.7 Å². The molecule has 0 unspecified atom stereocenters. The lowest BCUT2D eigenvalue weighted by Gasteiger charge is -2.34. The largest absolute Gasteiger partial charge is 0.360 e. The Bertz CT molecular complexity index is 672. The van der Waals surface area contributed by atoms with Crippen LogP contribution in [-0.2, 0) is 6.54 Å². The molecule has 2 nitrogen and oxygen atoms in total. The zero-order chi connectivity index (χ0) is 16.4. The van der Waals surface area contributed by atoms with Crippen molar-refractivity contribution < 1.29 is 4.90 Å². The first-order chi connectivity index (χ1) is 11.0. The van der Waals surface area contributed by atoms with Crippen molar-refractivity contribution in [3.8, 4) is 0 Å². The minimum absolute atomic E-state index is 0.780. The molecule has 0 radical (unpaired) electrons. The number of nitrogens with zero attached hydrogens (tertiary/aromatic N) is 1. The van der Waals surface area contributed by atoms with Gasteiger partial charge in [0.05, 0.1) is 36.2 Å². The molecular weight excluding hydrogens is 327 g/mol. The fourth-order valence-corrected chi connectivity index (χ4v) is 3.78. The average molecular weight is 350 g/mol. The van der Waals surface area contributed by atoms with Crippen LogP contribution < -0.4 is 9.80 Å². The van der Waals surface area contributed by atoms with Gasteiger partial charge in [0.1, 0.15) is 6.54 Å². The van der Waals surface area contributed by atoms with Gasteiger partial charge in [0.2, 0.25) is 0 Å². The fourth-order valence-electron chi connectivity index (χ4n) is 3.25. The first-order valence-electron chi connectivity index (χ1n) is 8.13. The third kappa shape index (κ3) is 3.82. The molecule has 1 heterocycles. The summed E-state index contributed by atoms with van der Waals surface area (Å²) in [5.41, 5.74) is 5.13. The average Bonchev–Trinajstić information content (AvgIpc) is 2.54. The van der Waals surface area contributed by atoms with Crippen LogP contribution in [0.25, 0.3) is 0 Å². The van der Waals surface area contributed by atoms with Crippen LogP contribution >= 0.6 is 23.2 Å². The number of anilines is 1. The highest BCUT2D eigenvalue weighted by Crippen LogP contribution is 2.24. The van der Waals surface area contributed by atoms with Gasteiger partial charge in [0, 0.05) is 11.3 Å². The predicted octanol–water partition coefficient (Wildman–Crippen LogP) is 3.52. The van der Waals surface area contributed by atoms with Gasteiger partial charge in [-0.25, -0.2) is 0 Å². The molecule has 0 aliphatic carbocycles. The number of aryl methyl sites for hydroxylation is 2. The lowest BCUT2D eigenvalue weighted by molar-refractivity contribution is -0.914. The molecule has 0 bridgehead atoms. The molecule has 0 spiro atoms. The maximum Gasteiger partial charge on any atom is 0.106 e. The molecule has 1 saturated heterocycles. The van der Waals surface area contributed by atoms with Crippen molar-refractivity contribution >= 4 is 28.9 Å². The summed E-state index contributed by atoms with van der Waals surface area (Å²) >= 11 is 12.6. The Morgan fingerprint density at radius 1 is 1.00 bits per heavy atom. The van der Waals surface area contributed by atoms with Gasteiger partial charge in [0.15, 0.2) is 0 Å². The van der Waals surface area contributed by atoms with Crippen molar-refractivity contribution in [1.82, 2.24) is 0 Å². The van der Waals surface area contributed by atoms with Crippen molar-refractivity contribution in [2.45, 2.75) is 20.4 Å². The molecule has 0 aromatic heterocycles. The van der Waals surface area contributed by atoms with E-state index in [4.69, 9.17) is 23.2 Å². The molecule has 1 fully saturated rings. The van der Waals surface area contributed by atoms with Crippen LogP contribution in [0.15, 0.2) is 36.4 Å². The Labute approximate surface area is 148 Å². The lowest BCUT2D eigenvalue weighted by Crippen LogP contribution is -3.13. The summed E-state index contributed by atoms with van der Waals surface area (Å²) < 4.78 is 0. The minimum atomic E-state index is 0.780. The first-order valence-corrected chi connectivity index (χ1v) is 8.89. The lowest BCUT2D eigenvalue weighted by atomic mass is 10.1. The van der Waals surface area contributed by atoms with E-state index < -0.39 is 0 Å². The second-order valence-corrected chi connectivity index (χ2v) is 7.22. The highest BCUT2D eigenvalue weighted by Gasteiger charge is 2.22. The quantitative estimate of drug-likeness (QED) is 0.890. The molecule has 2 aromatic carbocycles.